The number of amides is 8. The Morgan fingerprint density at radius 2 is 0.989 bits per heavy atom. The number of aliphatic hydroxyl groups is 2. The monoisotopic (exact) mass is 1230 g/mol. The first kappa shape index (κ1) is 79.4. The van der Waals surface area contributed by atoms with Gasteiger partial charge in [-0.2, -0.15) is 0 Å². The molecule has 0 bridgehead atoms. The van der Waals surface area contributed by atoms with Crippen LogP contribution in [-0.4, -0.2) is 220 Å². The van der Waals surface area contributed by atoms with Gasteiger partial charge in [0.05, 0.1) is 30.3 Å². The van der Waals surface area contributed by atoms with Gasteiger partial charge in [0, 0.05) is 80.5 Å². The number of nitrogens with zero attached hydrogens (tertiary/aromatic N) is 6. The minimum absolute atomic E-state index is 0.0988. The van der Waals surface area contributed by atoms with Crippen molar-refractivity contribution in [2.75, 3.05) is 49.4 Å². The molecule has 15 atom stereocenters. The van der Waals surface area contributed by atoms with E-state index in [0.717, 1.165) is 14.7 Å². The smallest absolute Gasteiger partial charge is 0.246 e. The number of rotatable bonds is 16. The maximum absolute atomic E-state index is 15.1. The van der Waals surface area contributed by atoms with Crippen LogP contribution in [0.4, 0.5) is 0 Å². The van der Waals surface area contributed by atoms with Gasteiger partial charge in [0.25, 0.3) is 0 Å². The molecule has 0 aliphatic carbocycles. The summed E-state index contributed by atoms with van der Waals surface area (Å²) in [6.07, 6.45) is -0.839. The second kappa shape index (κ2) is 36.1. The Morgan fingerprint density at radius 1 is 0.506 bits per heavy atom. The predicted octanol–water partition coefficient (Wildman–Crippen LogP) is 4.94. The molecule has 4 N–H and O–H groups in total. The van der Waals surface area contributed by atoms with E-state index < -0.39 is 167 Å². The van der Waals surface area contributed by atoms with Crippen LogP contribution in [0.25, 0.3) is 0 Å². The van der Waals surface area contributed by atoms with Crippen molar-refractivity contribution in [3.8, 4) is 0 Å². The van der Waals surface area contributed by atoms with E-state index in [1.54, 1.807) is 46.8 Å². The lowest BCUT2D eigenvalue weighted by Crippen LogP contribution is -2.61. The Kier molecular flexibility index (Phi) is 33.0. The highest BCUT2D eigenvalue weighted by Gasteiger charge is 2.46. The maximum atomic E-state index is 15.1. The van der Waals surface area contributed by atoms with E-state index in [1.807, 2.05) is 55.4 Å². The Bertz CT molecular complexity index is 2370. The molecule has 1 unspecified atom stereocenters. The molecule has 0 spiro atoms. The van der Waals surface area contributed by atoms with Gasteiger partial charge < -0.3 is 55.0 Å². The summed E-state index contributed by atoms with van der Waals surface area (Å²) in [7, 11) is 9.70. The molecule has 0 radical (unpaired) electrons. The highest BCUT2D eigenvalue weighted by atomic mass is 16.5. The first-order chi connectivity index (χ1) is 40.1. The summed E-state index contributed by atoms with van der Waals surface area (Å²) >= 11 is 0. The largest absolute Gasteiger partial charge is 0.393 e. The van der Waals surface area contributed by atoms with Crippen LogP contribution < -0.4 is 10.6 Å². The molecule has 1 saturated heterocycles. The number of nitrogens with one attached hydrogen (secondary N) is 2. The number of carbonyl (C=O) groups excluding carboxylic acids is 11. The number of aliphatic hydroxyl groups excluding tert-OH is 2. The molecule has 0 aromatic carbocycles. The highest BCUT2D eigenvalue weighted by Crippen LogP contribution is 2.29. The number of hydrogen-bond donors (Lipinski definition) is 4. The SMILES string of the molecule is C/C=C/C[C@@H](C)[C@@H](O)[C@H]1C(=O)C[C@@H]([C@@H](C)O)C(=O)N(C)[C@H](C)C(=O)N(C)[C@@H]([C@@H](C)OC)C(=O)C[C@@H](CC(C)C)C(=O)N(C)[C@@H](CC(C)C)C(=O)C[C@@H](C)C(=O)N[C@H](C)C(=O)N(C)[C@@H](CC(C)C)C(=O)N[C@@H](CC(C)C)C(=O)N(C)C(C(C)C)C(=O)N1C. The number of ether oxygens (including phenoxy) is 1. The second-order valence-electron chi connectivity index (χ2n) is 27.0. The van der Waals surface area contributed by atoms with E-state index in [2.05, 4.69) is 10.6 Å². The summed E-state index contributed by atoms with van der Waals surface area (Å²) in [5.41, 5.74) is 0. The number of methoxy groups -OCH3 is 1. The molecule has 22 heteroatoms. The van der Waals surface area contributed by atoms with Crippen molar-refractivity contribution >= 4 is 64.6 Å². The fraction of sp³-hybridized carbons (Fsp3) is 0.800. The van der Waals surface area contributed by atoms with E-state index in [-0.39, 0.29) is 68.6 Å². The van der Waals surface area contributed by atoms with Gasteiger partial charge in [0.1, 0.15) is 42.3 Å². The van der Waals surface area contributed by atoms with Crippen LogP contribution in [0.3, 0.4) is 0 Å². The summed E-state index contributed by atoms with van der Waals surface area (Å²) < 4.78 is 5.67. The molecule has 22 nitrogen and oxygen atoms in total. The fourth-order valence-corrected chi connectivity index (χ4v) is 11.7. The fourth-order valence-electron chi connectivity index (χ4n) is 11.7. The molecule has 0 aromatic heterocycles. The van der Waals surface area contributed by atoms with Crippen molar-refractivity contribution in [1.82, 2.24) is 40.0 Å². The summed E-state index contributed by atoms with van der Waals surface area (Å²) in [6, 6.07) is -10.1. The average molecular weight is 1230 g/mol. The van der Waals surface area contributed by atoms with E-state index in [4.69, 9.17) is 4.74 Å². The second-order valence-corrected chi connectivity index (χ2v) is 27.0. The third kappa shape index (κ3) is 22.4. The molecule has 498 valence electrons. The molecule has 8 amide bonds. The van der Waals surface area contributed by atoms with E-state index in [9.17, 15) is 58.2 Å². The van der Waals surface area contributed by atoms with Gasteiger partial charge in [0.15, 0.2) is 17.3 Å². The lowest BCUT2D eigenvalue weighted by molar-refractivity contribution is -0.155. The molecule has 0 aromatic rings. The molecular formula is C65H114N8O14. The third-order valence-corrected chi connectivity index (χ3v) is 17.2. The first-order valence-electron chi connectivity index (χ1n) is 31.4. The van der Waals surface area contributed by atoms with Crippen molar-refractivity contribution in [3.63, 3.8) is 0 Å². The van der Waals surface area contributed by atoms with E-state index >= 15 is 4.79 Å². The number of Topliss-reactive ketones (excluding diaryl/α,β-unsaturated/α-hetero) is 3. The number of likely N-dealkylation sites (N-methyl/N-ethyl adjacent to an activating group) is 6. The number of carbonyl (C=O) groups is 11. The van der Waals surface area contributed by atoms with E-state index in [0.29, 0.717) is 0 Å². The maximum Gasteiger partial charge on any atom is 0.246 e. The van der Waals surface area contributed by atoms with Crippen molar-refractivity contribution in [3.05, 3.63) is 12.2 Å². The standard InChI is InChI=1S/C65H114N8O14/c1-25-26-27-40(12)57(78)56-53(77)34-47(44(16)74)63(84)68(18)43(15)61(82)72(22)55(45(17)87-24)52(76)33-46(28-35(2)3)62(83)69(19)49(30-37(6)7)51(75)32-41(13)58(79)66-42(14)60(81)70(20)50(31-38(8)9)59(80)67-48(29-36(4)5)64(85)71(21)54(39(10)11)65(86)73(56)23/h25-26,35-50,54-57,74,78H,27-34H2,1-24H3,(H,66,79)(H,67,80)/b26-25+/t40-,41-,42-,43-,44-,45-,46-,47+,48+,49+,50+,54?,55+,56-,57-/m1/s1. The van der Waals surface area contributed by atoms with Gasteiger partial charge >= 0.3 is 0 Å². The topological polar surface area (TPSA) is 281 Å². The van der Waals surface area contributed by atoms with Crippen LogP contribution in [0.2, 0.25) is 0 Å². The molecule has 87 heavy (non-hydrogen) atoms. The summed E-state index contributed by atoms with van der Waals surface area (Å²) in [6.45, 7) is 29.1. The van der Waals surface area contributed by atoms with Crippen LogP contribution >= 0.6 is 0 Å². The Hall–Kier alpha value is -5.61. The minimum atomic E-state index is -1.63. The lowest BCUT2D eigenvalue weighted by atomic mass is 9.85. The molecule has 1 rings (SSSR count). The molecule has 1 aliphatic heterocycles. The van der Waals surface area contributed by atoms with Crippen LogP contribution in [0.15, 0.2) is 12.2 Å². The zero-order valence-corrected chi connectivity index (χ0v) is 57.3. The van der Waals surface area contributed by atoms with Crippen molar-refractivity contribution in [2.24, 2.45) is 53.3 Å². The molecule has 1 heterocycles. The lowest BCUT2D eigenvalue weighted by Gasteiger charge is -2.40. The van der Waals surface area contributed by atoms with Crippen LogP contribution in [0.5, 0.6) is 0 Å². The summed E-state index contributed by atoms with van der Waals surface area (Å²) in [5.74, 6) is -12.4. The number of allylic oxidation sites excluding steroid dienone is 2. The van der Waals surface area contributed by atoms with Crippen LogP contribution in [0, 0.1) is 53.3 Å². The van der Waals surface area contributed by atoms with Crippen molar-refractivity contribution < 1.29 is 67.7 Å². The molecule has 1 aliphatic rings. The summed E-state index contributed by atoms with van der Waals surface area (Å²) in [4.78, 5) is 168. The summed E-state index contributed by atoms with van der Waals surface area (Å²) in [5, 5.41) is 29.1. The van der Waals surface area contributed by atoms with Gasteiger partial charge in [-0.15, -0.1) is 0 Å². The first-order valence-corrected chi connectivity index (χ1v) is 31.4. The van der Waals surface area contributed by atoms with Crippen molar-refractivity contribution in [1.29, 1.82) is 0 Å². The average Bonchev–Trinajstić information content (AvgIpc) is 2.42. The van der Waals surface area contributed by atoms with Gasteiger partial charge in [-0.1, -0.05) is 95.2 Å². The van der Waals surface area contributed by atoms with E-state index in [1.165, 1.54) is 91.8 Å². The van der Waals surface area contributed by atoms with Gasteiger partial charge in [0.2, 0.25) is 47.3 Å². The normalized spacial score (nSPS) is 28.3. The van der Waals surface area contributed by atoms with Crippen LogP contribution in [0.1, 0.15) is 169 Å². The zero-order chi connectivity index (χ0) is 67.6. The van der Waals surface area contributed by atoms with Gasteiger partial charge in [-0.3, -0.25) is 52.7 Å². The van der Waals surface area contributed by atoms with Crippen molar-refractivity contribution in [2.45, 2.75) is 236 Å². The highest BCUT2D eigenvalue weighted by molar-refractivity contribution is 6.00. The Labute approximate surface area is 521 Å². The molecular weight excluding hydrogens is 1120 g/mol. The van der Waals surface area contributed by atoms with Gasteiger partial charge in [-0.25, -0.2) is 0 Å². The predicted molar refractivity (Wildman–Crippen MR) is 335 cm³/mol. The molecule has 0 saturated carbocycles. The zero-order valence-electron chi connectivity index (χ0n) is 57.3. The Balaban J connectivity index is 4.39. The molecule has 1 fully saturated rings. The van der Waals surface area contributed by atoms with Crippen LogP contribution in [-0.2, 0) is 57.5 Å². The van der Waals surface area contributed by atoms with Gasteiger partial charge in [-0.05, 0) is 102 Å². The third-order valence-electron chi connectivity index (χ3n) is 17.2. The minimum Gasteiger partial charge on any atom is -0.393 e. The number of ketones is 3. The Morgan fingerprint density at radius 3 is 1.47 bits per heavy atom. The quantitative estimate of drug-likeness (QED) is 0.149. The number of hydrogen-bond acceptors (Lipinski definition) is 14.